The van der Waals surface area contributed by atoms with Gasteiger partial charge in [0.1, 0.15) is 5.03 Å². The Kier molecular flexibility index (Phi) is 7.31. The van der Waals surface area contributed by atoms with Crippen LogP contribution in [-0.4, -0.2) is 35.8 Å². The van der Waals surface area contributed by atoms with Crippen LogP contribution in [0.1, 0.15) is 49.4 Å². The molecule has 0 unspecified atom stereocenters. The van der Waals surface area contributed by atoms with Crippen LogP contribution in [0.4, 0.5) is 0 Å². The lowest BCUT2D eigenvalue weighted by Gasteiger charge is -2.16. The van der Waals surface area contributed by atoms with Crippen molar-refractivity contribution < 1.29 is 14.3 Å². The average molecular weight is 348 g/mol. The fourth-order valence-corrected chi connectivity index (χ4v) is 3.15. The van der Waals surface area contributed by atoms with E-state index in [2.05, 4.69) is 16.4 Å². The Labute approximate surface area is 147 Å². The molecule has 1 amide bonds. The molecule has 24 heavy (non-hydrogen) atoms. The molecule has 1 atom stereocenters. The molecule has 1 heterocycles. The van der Waals surface area contributed by atoms with Crippen LogP contribution in [-0.2, 0) is 9.53 Å². The summed E-state index contributed by atoms with van der Waals surface area (Å²) < 4.78 is 5.26. The quantitative estimate of drug-likeness (QED) is 0.465. The van der Waals surface area contributed by atoms with E-state index in [-0.39, 0.29) is 5.91 Å². The fourth-order valence-electron chi connectivity index (χ4n) is 2.61. The number of aromatic nitrogens is 1. The normalized spacial score (nSPS) is 15.3. The van der Waals surface area contributed by atoms with Crippen LogP contribution in [0.25, 0.3) is 0 Å². The molecule has 0 radical (unpaired) electrons. The molecule has 0 aliphatic heterocycles. The largest absolute Gasteiger partial charge is 0.449 e. The van der Waals surface area contributed by atoms with Crippen molar-refractivity contribution in [1.29, 1.82) is 0 Å². The predicted molar refractivity (Wildman–Crippen MR) is 95.1 cm³/mol. The lowest BCUT2D eigenvalue weighted by Crippen LogP contribution is -2.36. The first-order valence-electron chi connectivity index (χ1n) is 8.27. The lowest BCUT2D eigenvalue weighted by molar-refractivity contribution is -0.129. The number of nitrogens with zero attached hydrogens (tertiary/aromatic N) is 1. The molecule has 5 nitrogen and oxygen atoms in total. The molecular weight excluding hydrogens is 324 g/mol. The molecule has 0 saturated carbocycles. The van der Waals surface area contributed by atoms with Gasteiger partial charge in [-0.25, -0.2) is 9.78 Å². The van der Waals surface area contributed by atoms with Crippen molar-refractivity contribution in [2.24, 2.45) is 0 Å². The number of esters is 1. The summed E-state index contributed by atoms with van der Waals surface area (Å²) in [6, 6.07) is 3.33. The second kappa shape index (κ2) is 9.47. The van der Waals surface area contributed by atoms with Gasteiger partial charge < -0.3 is 10.1 Å². The van der Waals surface area contributed by atoms with E-state index < -0.39 is 12.1 Å². The van der Waals surface area contributed by atoms with Crippen molar-refractivity contribution in [1.82, 2.24) is 10.3 Å². The highest BCUT2D eigenvalue weighted by molar-refractivity contribution is 7.98. The predicted octanol–water partition coefficient (Wildman–Crippen LogP) is 3.36. The summed E-state index contributed by atoms with van der Waals surface area (Å²) in [4.78, 5) is 28.4. The Morgan fingerprint density at radius 1 is 1.42 bits per heavy atom. The second-order valence-corrected chi connectivity index (χ2v) is 6.55. The summed E-state index contributed by atoms with van der Waals surface area (Å²) in [6.45, 7) is 2.16. The SMILES string of the molecule is CSc1ncccc1C(=O)O[C@H](C)C(=O)NCCC1=CCCCC1. The third-order valence-electron chi connectivity index (χ3n) is 3.97. The van der Waals surface area contributed by atoms with Crippen LogP contribution in [0.3, 0.4) is 0 Å². The number of hydrogen-bond donors (Lipinski definition) is 1. The Balaban J connectivity index is 1.80. The molecule has 1 N–H and O–H groups in total. The zero-order chi connectivity index (χ0) is 17.4. The van der Waals surface area contributed by atoms with Gasteiger partial charge in [-0.2, -0.15) is 0 Å². The molecule has 0 spiro atoms. The van der Waals surface area contributed by atoms with E-state index in [1.165, 1.54) is 30.2 Å². The van der Waals surface area contributed by atoms with Crippen molar-refractivity contribution in [3.8, 4) is 0 Å². The molecule has 0 saturated heterocycles. The number of pyridine rings is 1. The van der Waals surface area contributed by atoms with Gasteiger partial charge in [0.25, 0.3) is 5.91 Å². The number of nitrogens with one attached hydrogen (secondary N) is 1. The topological polar surface area (TPSA) is 68.3 Å². The van der Waals surface area contributed by atoms with Gasteiger partial charge in [0, 0.05) is 12.7 Å². The minimum Gasteiger partial charge on any atom is -0.449 e. The monoisotopic (exact) mass is 348 g/mol. The Morgan fingerprint density at radius 3 is 2.96 bits per heavy atom. The maximum Gasteiger partial charge on any atom is 0.341 e. The van der Waals surface area contributed by atoms with E-state index in [1.807, 2.05) is 6.26 Å². The summed E-state index contributed by atoms with van der Waals surface area (Å²) >= 11 is 1.37. The Bertz CT molecular complexity index is 616. The number of hydrogen-bond acceptors (Lipinski definition) is 5. The van der Waals surface area contributed by atoms with Crippen LogP contribution in [0.15, 0.2) is 35.0 Å². The van der Waals surface area contributed by atoms with Crippen LogP contribution < -0.4 is 5.32 Å². The minimum atomic E-state index is -0.826. The zero-order valence-corrected chi connectivity index (χ0v) is 15.0. The summed E-state index contributed by atoms with van der Waals surface area (Å²) in [5, 5.41) is 3.43. The summed E-state index contributed by atoms with van der Waals surface area (Å²) in [7, 11) is 0. The molecular formula is C18H24N2O3S. The van der Waals surface area contributed by atoms with Gasteiger partial charge in [0.2, 0.25) is 0 Å². The standard InChI is InChI=1S/C18H24N2O3S/c1-13(16(21)19-12-10-14-7-4-3-5-8-14)23-18(22)15-9-6-11-20-17(15)24-2/h6-7,9,11,13H,3-5,8,10,12H2,1-2H3,(H,19,21)/t13-/m1/s1. The second-order valence-electron chi connectivity index (χ2n) is 5.76. The minimum absolute atomic E-state index is 0.269. The van der Waals surface area contributed by atoms with E-state index >= 15 is 0 Å². The molecule has 0 aromatic carbocycles. The van der Waals surface area contributed by atoms with Crippen molar-refractivity contribution >= 4 is 23.6 Å². The van der Waals surface area contributed by atoms with Gasteiger partial charge in [-0.15, -0.1) is 11.8 Å². The molecule has 6 heteroatoms. The molecule has 0 bridgehead atoms. The maximum atomic E-state index is 12.2. The van der Waals surface area contributed by atoms with Gasteiger partial charge >= 0.3 is 5.97 Å². The molecule has 1 aliphatic rings. The molecule has 1 aliphatic carbocycles. The van der Waals surface area contributed by atoms with Crippen molar-refractivity contribution in [3.05, 3.63) is 35.5 Å². The van der Waals surface area contributed by atoms with Gasteiger partial charge in [-0.1, -0.05) is 11.6 Å². The summed E-state index contributed by atoms with van der Waals surface area (Å²) in [5.41, 5.74) is 1.79. The molecule has 1 aromatic rings. The lowest BCUT2D eigenvalue weighted by atomic mass is 9.97. The van der Waals surface area contributed by atoms with Crippen molar-refractivity contribution in [3.63, 3.8) is 0 Å². The smallest absolute Gasteiger partial charge is 0.341 e. The summed E-state index contributed by atoms with van der Waals surface area (Å²) in [5.74, 6) is -0.792. The highest BCUT2D eigenvalue weighted by Gasteiger charge is 2.20. The third-order valence-corrected chi connectivity index (χ3v) is 4.68. The Morgan fingerprint density at radius 2 is 2.25 bits per heavy atom. The van der Waals surface area contributed by atoms with Gasteiger partial charge in [0.15, 0.2) is 6.10 Å². The van der Waals surface area contributed by atoms with E-state index in [1.54, 1.807) is 25.3 Å². The average Bonchev–Trinajstić information content (AvgIpc) is 2.62. The first kappa shape index (κ1) is 18.5. The van der Waals surface area contributed by atoms with Gasteiger partial charge in [-0.3, -0.25) is 4.79 Å². The van der Waals surface area contributed by atoms with Crippen LogP contribution >= 0.6 is 11.8 Å². The van der Waals surface area contributed by atoms with Gasteiger partial charge in [0.05, 0.1) is 5.56 Å². The number of rotatable bonds is 7. The Hall–Kier alpha value is -1.82. The van der Waals surface area contributed by atoms with Crippen LogP contribution in [0.2, 0.25) is 0 Å². The molecule has 130 valence electrons. The zero-order valence-electron chi connectivity index (χ0n) is 14.2. The van der Waals surface area contributed by atoms with E-state index in [4.69, 9.17) is 4.74 Å². The number of amides is 1. The van der Waals surface area contributed by atoms with E-state index in [9.17, 15) is 9.59 Å². The molecule has 0 fully saturated rings. The van der Waals surface area contributed by atoms with Gasteiger partial charge in [-0.05, 0) is 57.4 Å². The summed E-state index contributed by atoms with van der Waals surface area (Å²) in [6.07, 6.45) is 10.5. The number of allylic oxidation sites excluding steroid dienone is 1. The molecule has 2 rings (SSSR count). The first-order chi connectivity index (χ1) is 11.6. The van der Waals surface area contributed by atoms with E-state index in [0.29, 0.717) is 17.1 Å². The number of ether oxygens (including phenoxy) is 1. The van der Waals surface area contributed by atoms with Crippen LogP contribution in [0.5, 0.6) is 0 Å². The number of carbonyl (C=O) groups is 2. The van der Waals surface area contributed by atoms with Crippen LogP contribution in [0, 0.1) is 0 Å². The van der Waals surface area contributed by atoms with Crippen molar-refractivity contribution in [2.75, 3.05) is 12.8 Å². The maximum absolute atomic E-state index is 12.2. The van der Waals surface area contributed by atoms with Crippen molar-refractivity contribution in [2.45, 2.75) is 50.2 Å². The third kappa shape index (κ3) is 5.37. The first-order valence-corrected chi connectivity index (χ1v) is 9.50. The highest BCUT2D eigenvalue weighted by Crippen LogP contribution is 2.20. The number of carbonyl (C=O) groups excluding carboxylic acids is 2. The number of thioether (sulfide) groups is 1. The van der Waals surface area contributed by atoms with E-state index in [0.717, 1.165) is 19.3 Å². The molecule has 1 aromatic heterocycles. The fraction of sp³-hybridized carbons (Fsp3) is 0.500. The highest BCUT2D eigenvalue weighted by atomic mass is 32.2.